The summed E-state index contributed by atoms with van der Waals surface area (Å²) in [6.45, 7) is 0. The van der Waals surface area contributed by atoms with Crippen LogP contribution in [0.25, 0.3) is 0 Å². The fourth-order valence-electron chi connectivity index (χ4n) is 1.14. The van der Waals surface area contributed by atoms with Gasteiger partial charge in [-0.2, -0.15) is 5.26 Å². The lowest BCUT2D eigenvalue weighted by atomic mass is 10.1. The first-order valence-electron chi connectivity index (χ1n) is 3.98. The maximum Gasteiger partial charge on any atom is 0.274 e. The van der Waals surface area contributed by atoms with Gasteiger partial charge in [-0.15, -0.1) is 0 Å². The van der Waals surface area contributed by atoms with Crippen molar-refractivity contribution in [2.45, 2.75) is 6.42 Å². The zero-order valence-corrected chi connectivity index (χ0v) is 8.61. The minimum absolute atomic E-state index is 0.0556. The monoisotopic (exact) mass is 226 g/mol. The highest BCUT2D eigenvalue weighted by molar-refractivity contribution is 6.31. The van der Waals surface area contributed by atoms with Gasteiger partial charge in [-0.25, -0.2) is 0 Å². The molecule has 0 aromatic heterocycles. The first-order valence-corrected chi connectivity index (χ1v) is 4.35. The molecule has 0 aliphatic rings. The highest BCUT2D eigenvalue weighted by Gasteiger charge is 2.15. The third kappa shape index (κ3) is 2.36. The molecule has 1 aromatic rings. The number of non-ortho nitro benzene ring substituents is 1. The summed E-state index contributed by atoms with van der Waals surface area (Å²) in [7, 11) is 1.37. The van der Waals surface area contributed by atoms with Crippen LogP contribution in [0.1, 0.15) is 5.56 Å². The van der Waals surface area contributed by atoms with Crippen LogP contribution >= 0.6 is 11.6 Å². The highest BCUT2D eigenvalue weighted by atomic mass is 35.5. The molecule has 0 amide bonds. The SMILES string of the molecule is COc1cc([N+](=O)[O-])cc(Cl)c1CC#N. The number of nitriles is 1. The van der Waals surface area contributed by atoms with Gasteiger partial charge in [0.2, 0.25) is 0 Å². The first kappa shape index (κ1) is 11.3. The van der Waals surface area contributed by atoms with Crippen molar-refractivity contribution >= 4 is 17.3 Å². The van der Waals surface area contributed by atoms with E-state index in [2.05, 4.69) is 0 Å². The molecule has 0 spiro atoms. The minimum atomic E-state index is -0.565. The zero-order chi connectivity index (χ0) is 11.4. The van der Waals surface area contributed by atoms with E-state index in [1.54, 1.807) is 0 Å². The number of hydrogen-bond donors (Lipinski definition) is 0. The maximum atomic E-state index is 10.5. The molecule has 0 N–H and O–H groups in total. The summed E-state index contributed by atoms with van der Waals surface area (Å²) in [6, 6.07) is 4.37. The summed E-state index contributed by atoms with van der Waals surface area (Å²) in [5.74, 6) is 0.260. The van der Waals surface area contributed by atoms with E-state index in [0.717, 1.165) is 0 Å². The van der Waals surface area contributed by atoms with Crippen molar-refractivity contribution < 1.29 is 9.66 Å². The highest BCUT2D eigenvalue weighted by Crippen LogP contribution is 2.32. The van der Waals surface area contributed by atoms with Crippen molar-refractivity contribution in [1.82, 2.24) is 0 Å². The number of ether oxygens (including phenoxy) is 1. The molecule has 0 fully saturated rings. The summed E-state index contributed by atoms with van der Waals surface area (Å²) >= 11 is 5.80. The Morgan fingerprint density at radius 1 is 1.67 bits per heavy atom. The Bertz CT molecular complexity index is 440. The molecule has 0 saturated carbocycles. The second kappa shape index (κ2) is 4.62. The largest absolute Gasteiger partial charge is 0.496 e. The summed E-state index contributed by atoms with van der Waals surface area (Å²) < 4.78 is 4.93. The van der Waals surface area contributed by atoms with Gasteiger partial charge in [-0.05, 0) is 0 Å². The fourth-order valence-corrected chi connectivity index (χ4v) is 1.41. The van der Waals surface area contributed by atoms with Gasteiger partial charge in [-0.3, -0.25) is 10.1 Å². The molecule has 0 atom stereocenters. The van der Waals surface area contributed by atoms with Crippen molar-refractivity contribution in [3.8, 4) is 11.8 Å². The fraction of sp³-hybridized carbons (Fsp3) is 0.222. The molecule has 1 aromatic carbocycles. The average molecular weight is 227 g/mol. The molecule has 5 nitrogen and oxygen atoms in total. The molecule has 0 saturated heterocycles. The van der Waals surface area contributed by atoms with Gasteiger partial charge in [0.15, 0.2) is 0 Å². The van der Waals surface area contributed by atoms with Crippen LogP contribution in [0.4, 0.5) is 5.69 Å². The minimum Gasteiger partial charge on any atom is -0.496 e. The Morgan fingerprint density at radius 3 is 2.80 bits per heavy atom. The summed E-state index contributed by atoms with van der Waals surface area (Å²) in [5.41, 5.74) is 0.311. The van der Waals surface area contributed by atoms with Crippen LogP contribution in [-0.4, -0.2) is 12.0 Å². The number of methoxy groups -OCH3 is 1. The van der Waals surface area contributed by atoms with Crippen LogP contribution in [0, 0.1) is 21.4 Å². The average Bonchev–Trinajstić information content (AvgIpc) is 2.20. The van der Waals surface area contributed by atoms with Crippen LogP contribution in [0.15, 0.2) is 12.1 Å². The quantitative estimate of drug-likeness (QED) is 0.585. The van der Waals surface area contributed by atoms with E-state index in [9.17, 15) is 10.1 Å². The molecule has 78 valence electrons. The molecule has 15 heavy (non-hydrogen) atoms. The van der Waals surface area contributed by atoms with E-state index in [4.69, 9.17) is 21.6 Å². The Morgan fingerprint density at radius 2 is 2.33 bits per heavy atom. The second-order valence-corrected chi connectivity index (χ2v) is 3.11. The molecular formula is C9H7ClN2O3. The van der Waals surface area contributed by atoms with E-state index >= 15 is 0 Å². The normalized spacial score (nSPS) is 9.40. The molecule has 0 aliphatic carbocycles. The van der Waals surface area contributed by atoms with Crippen LogP contribution in [0.2, 0.25) is 5.02 Å². The van der Waals surface area contributed by atoms with Gasteiger partial charge in [0.1, 0.15) is 5.75 Å². The molecule has 6 heteroatoms. The van der Waals surface area contributed by atoms with Gasteiger partial charge < -0.3 is 4.74 Å². The molecule has 0 radical (unpaired) electrons. The number of rotatable bonds is 3. The number of hydrogen-bond acceptors (Lipinski definition) is 4. The standard InChI is InChI=1S/C9H7ClN2O3/c1-15-9-5-6(12(13)14)4-8(10)7(9)2-3-11/h4-5H,2H2,1H3. The first-order chi connectivity index (χ1) is 7.10. The lowest BCUT2D eigenvalue weighted by Crippen LogP contribution is -1.96. The van der Waals surface area contributed by atoms with Crippen molar-refractivity contribution in [1.29, 1.82) is 5.26 Å². The van der Waals surface area contributed by atoms with Gasteiger partial charge in [0.05, 0.1) is 35.6 Å². The Labute approximate surface area is 91.0 Å². The molecule has 1 rings (SSSR count). The second-order valence-electron chi connectivity index (χ2n) is 2.70. The van der Waals surface area contributed by atoms with E-state index in [-0.39, 0.29) is 22.9 Å². The molecule has 0 bridgehead atoms. The van der Waals surface area contributed by atoms with Gasteiger partial charge >= 0.3 is 0 Å². The van der Waals surface area contributed by atoms with Crippen molar-refractivity contribution in [3.05, 3.63) is 32.8 Å². The van der Waals surface area contributed by atoms with Gasteiger partial charge in [-0.1, -0.05) is 11.6 Å². The van der Waals surface area contributed by atoms with Gasteiger partial charge in [0, 0.05) is 11.6 Å². The molecule has 0 unspecified atom stereocenters. The smallest absolute Gasteiger partial charge is 0.274 e. The number of nitro benzene ring substituents is 1. The zero-order valence-electron chi connectivity index (χ0n) is 7.86. The third-order valence-electron chi connectivity index (χ3n) is 1.83. The Kier molecular flexibility index (Phi) is 3.47. The van der Waals surface area contributed by atoms with E-state index in [1.807, 2.05) is 6.07 Å². The van der Waals surface area contributed by atoms with Crippen molar-refractivity contribution in [2.24, 2.45) is 0 Å². The van der Waals surface area contributed by atoms with Crippen LogP contribution < -0.4 is 4.74 Å². The lowest BCUT2D eigenvalue weighted by molar-refractivity contribution is -0.384. The summed E-state index contributed by atoms with van der Waals surface area (Å²) in [5, 5.41) is 19.2. The van der Waals surface area contributed by atoms with E-state index < -0.39 is 4.92 Å². The molecule has 0 heterocycles. The maximum absolute atomic E-state index is 10.5. The molecule has 0 aliphatic heterocycles. The van der Waals surface area contributed by atoms with Crippen LogP contribution in [0.5, 0.6) is 5.75 Å². The van der Waals surface area contributed by atoms with Gasteiger partial charge in [0.25, 0.3) is 5.69 Å². The van der Waals surface area contributed by atoms with Crippen LogP contribution in [0.3, 0.4) is 0 Å². The van der Waals surface area contributed by atoms with E-state index in [0.29, 0.717) is 5.56 Å². The summed E-state index contributed by atoms with van der Waals surface area (Å²) in [6.07, 6.45) is 0.0556. The number of nitro groups is 1. The Hall–Kier alpha value is -1.80. The summed E-state index contributed by atoms with van der Waals surface area (Å²) in [4.78, 5) is 9.95. The van der Waals surface area contributed by atoms with Crippen molar-refractivity contribution in [3.63, 3.8) is 0 Å². The van der Waals surface area contributed by atoms with Crippen molar-refractivity contribution in [2.75, 3.05) is 7.11 Å². The topological polar surface area (TPSA) is 76.2 Å². The Balaban J connectivity index is 3.31. The number of benzene rings is 1. The predicted octanol–water partition coefficient (Wildman–Crippen LogP) is 2.32. The number of nitrogens with zero attached hydrogens (tertiary/aromatic N) is 2. The lowest BCUT2D eigenvalue weighted by Gasteiger charge is -2.06. The predicted molar refractivity (Wildman–Crippen MR) is 54.0 cm³/mol. The van der Waals surface area contributed by atoms with E-state index in [1.165, 1.54) is 19.2 Å². The van der Waals surface area contributed by atoms with Crippen LogP contribution in [-0.2, 0) is 6.42 Å². The number of halogens is 1. The molecular weight excluding hydrogens is 220 g/mol. The third-order valence-corrected chi connectivity index (χ3v) is 2.16.